The fourth-order valence-corrected chi connectivity index (χ4v) is 2.85. The molecule has 1 saturated heterocycles. The van der Waals surface area contributed by atoms with Crippen molar-refractivity contribution in [3.63, 3.8) is 0 Å². The third kappa shape index (κ3) is 3.75. The van der Waals surface area contributed by atoms with Gasteiger partial charge in [-0.1, -0.05) is 6.07 Å². The van der Waals surface area contributed by atoms with Crippen LogP contribution in [0.3, 0.4) is 0 Å². The molecule has 0 radical (unpaired) electrons. The summed E-state index contributed by atoms with van der Waals surface area (Å²) >= 11 is 0. The van der Waals surface area contributed by atoms with Gasteiger partial charge in [0, 0.05) is 36.3 Å². The summed E-state index contributed by atoms with van der Waals surface area (Å²) in [5.74, 6) is 0.319. The monoisotopic (exact) mass is 327 g/mol. The van der Waals surface area contributed by atoms with Crippen molar-refractivity contribution in [3.05, 3.63) is 39.4 Å². The molecule has 0 spiro atoms. The molecule has 1 atom stereocenters. The third-order valence-corrected chi connectivity index (χ3v) is 4.30. The minimum absolute atomic E-state index is 0. The van der Waals surface area contributed by atoms with Gasteiger partial charge in [0.1, 0.15) is 0 Å². The largest absolute Gasteiger partial charge is 0.339 e. The Morgan fingerprint density at radius 2 is 2.00 bits per heavy atom. The Hall–Kier alpha value is -1.66. The van der Waals surface area contributed by atoms with Crippen LogP contribution in [0.4, 0.5) is 5.69 Å². The van der Waals surface area contributed by atoms with E-state index in [1.807, 2.05) is 6.92 Å². The van der Waals surface area contributed by atoms with Crippen LogP contribution >= 0.6 is 12.4 Å². The Kier molecular flexibility index (Phi) is 6.32. The van der Waals surface area contributed by atoms with E-state index >= 15 is 0 Å². The zero-order chi connectivity index (χ0) is 15.6. The molecule has 1 aliphatic rings. The fourth-order valence-electron chi connectivity index (χ4n) is 2.85. The van der Waals surface area contributed by atoms with E-state index in [1.54, 1.807) is 24.0 Å². The van der Waals surface area contributed by atoms with Crippen molar-refractivity contribution in [1.82, 2.24) is 4.90 Å². The summed E-state index contributed by atoms with van der Waals surface area (Å²) in [6.07, 6.45) is 1.77. The third-order valence-electron chi connectivity index (χ3n) is 4.30. The van der Waals surface area contributed by atoms with Crippen molar-refractivity contribution in [2.75, 3.05) is 13.1 Å². The van der Waals surface area contributed by atoms with Crippen molar-refractivity contribution in [2.45, 2.75) is 32.7 Å². The van der Waals surface area contributed by atoms with E-state index in [2.05, 4.69) is 0 Å². The van der Waals surface area contributed by atoms with Crippen LogP contribution in [0.25, 0.3) is 0 Å². The summed E-state index contributed by atoms with van der Waals surface area (Å²) in [4.78, 5) is 24.8. The number of nitro groups is 1. The number of nitrogens with zero attached hydrogens (tertiary/aromatic N) is 2. The predicted molar refractivity (Wildman–Crippen MR) is 87.4 cm³/mol. The van der Waals surface area contributed by atoms with Gasteiger partial charge < -0.3 is 10.6 Å². The van der Waals surface area contributed by atoms with Crippen LogP contribution in [0, 0.1) is 23.0 Å². The maximum Gasteiger partial charge on any atom is 0.273 e. The molecule has 6 nitrogen and oxygen atoms in total. The van der Waals surface area contributed by atoms with Gasteiger partial charge in [0.15, 0.2) is 0 Å². The molecule has 0 aliphatic carbocycles. The fraction of sp³-hybridized carbons (Fsp3) is 0.533. The van der Waals surface area contributed by atoms with E-state index in [9.17, 15) is 14.9 Å². The molecule has 2 N–H and O–H groups in total. The van der Waals surface area contributed by atoms with E-state index in [1.165, 1.54) is 6.07 Å². The molecule has 0 saturated carbocycles. The Morgan fingerprint density at radius 3 is 2.50 bits per heavy atom. The van der Waals surface area contributed by atoms with E-state index in [4.69, 9.17) is 5.73 Å². The maximum atomic E-state index is 12.5. The average Bonchev–Trinajstić information content (AvgIpc) is 2.46. The predicted octanol–water partition coefficient (Wildman–Crippen LogP) is 2.52. The summed E-state index contributed by atoms with van der Waals surface area (Å²) in [7, 11) is 0. The normalized spacial score (nSPS) is 16.8. The molecule has 22 heavy (non-hydrogen) atoms. The molecule has 1 unspecified atom stereocenters. The van der Waals surface area contributed by atoms with Crippen LogP contribution in [0.2, 0.25) is 0 Å². The van der Waals surface area contributed by atoms with Crippen LogP contribution in [0.1, 0.15) is 35.7 Å². The second-order valence-electron chi connectivity index (χ2n) is 5.70. The lowest BCUT2D eigenvalue weighted by molar-refractivity contribution is -0.385. The number of likely N-dealkylation sites (tertiary alicyclic amines) is 1. The van der Waals surface area contributed by atoms with E-state index < -0.39 is 4.92 Å². The van der Waals surface area contributed by atoms with Gasteiger partial charge in [0.05, 0.1) is 4.92 Å². The highest BCUT2D eigenvalue weighted by Gasteiger charge is 2.27. The van der Waals surface area contributed by atoms with Crippen molar-refractivity contribution >= 4 is 24.0 Å². The lowest BCUT2D eigenvalue weighted by Crippen LogP contribution is -2.42. The summed E-state index contributed by atoms with van der Waals surface area (Å²) in [5.41, 5.74) is 6.74. The SMILES string of the molecule is Cc1c(C(=O)N2CCC(C(C)N)CC2)cccc1[N+](=O)[O-].Cl. The number of hydrogen-bond acceptors (Lipinski definition) is 4. The molecule has 1 amide bonds. The first-order valence-electron chi connectivity index (χ1n) is 7.20. The quantitative estimate of drug-likeness (QED) is 0.682. The number of carbonyl (C=O) groups excluding carboxylic acids is 1. The number of halogens is 1. The minimum Gasteiger partial charge on any atom is -0.339 e. The summed E-state index contributed by atoms with van der Waals surface area (Å²) in [6, 6.07) is 4.78. The number of benzene rings is 1. The molecule has 1 aromatic carbocycles. The van der Waals surface area contributed by atoms with Crippen LogP contribution in [-0.2, 0) is 0 Å². The van der Waals surface area contributed by atoms with E-state index in [-0.39, 0.29) is 30.0 Å². The Balaban J connectivity index is 0.00000242. The lowest BCUT2D eigenvalue weighted by atomic mass is 9.90. The van der Waals surface area contributed by atoms with Gasteiger partial charge in [-0.05, 0) is 38.7 Å². The van der Waals surface area contributed by atoms with Crippen LogP contribution in [0.15, 0.2) is 18.2 Å². The Morgan fingerprint density at radius 1 is 1.41 bits per heavy atom. The van der Waals surface area contributed by atoms with Gasteiger partial charge in [-0.25, -0.2) is 0 Å². The number of carbonyl (C=O) groups is 1. The molecule has 7 heteroatoms. The van der Waals surface area contributed by atoms with Gasteiger partial charge in [0.2, 0.25) is 0 Å². The highest BCUT2D eigenvalue weighted by molar-refractivity contribution is 5.96. The number of amides is 1. The highest BCUT2D eigenvalue weighted by Crippen LogP contribution is 2.25. The topological polar surface area (TPSA) is 89.5 Å². The molecule has 2 rings (SSSR count). The summed E-state index contributed by atoms with van der Waals surface area (Å²) in [5, 5.41) is 11.0. The van der Waals surface area contributed by atoms with Crippen molar-refractivity contribution in [1.29, 1.82) is 0 Å². The molecule has 1 aliphatic heterocycles. The van der Waals surface area contributed by atoms with Gasteiger partial charge in [-0.15, -0.1) is 12.4 Å². The first-order valence-corrected chi connectivity index (χ1v) is 7.20. The second kappa shape index (κ2) is 7.56. The number of hydrogen-bond donors (Lipinski definition) is 1. The van der Waals surface area contributed by atoms with Crippen molar-refractivity contribution in [3.8, 4) is 0 Å². The summed E-state index contributed by atoms with van der Waals surface area (Å²) in [6.45, 7) is 4.94. The van der Waals surface area contributed by atoms with Crippen LogP contribution in [-0.4, -0.2) is 34.9 Å². The standard InChI is InChI=1S/C15H21N3O3.ClH/c1-10-13(4-3-5-14(10)18(20)21)15(19)17-8-6-12(7-9-17)11(2)16;/h3-5,11-12H,6-9,16H2,1-2H3;1H. The van der Waals surface area contributed by atoms with Gasteiger partial charge in [-0.3, -0.25) is 14.9 Å². The Labute approximate surface area is 136 Å². The first-order chi connectivity index (χ1) is 9.91. The average molecular weight is 328 g/mol. The lowest BCUT2D eigenvalue weighted by Gasteiger charge is -2.34. The molecule has 122 valence electrons. The zero-order valence-electron chi connectivity index (χ0n) is 12.8. The minimum atomic E-state index is -0.450. The molecule has 0 aromatic heterocycles. The number of nitrogens with two attached hydrogens (primary N) is 1. The van der Waals surface area contributed by atoms with E-state index in [0.717, 1.165) is 12.8 Å². The van der Waals surface area contributed by atoms with Crippen molar-refractivity contribution < 1.29 is 9.72 Å². The molecular formula is C15H22ClN3O3. The van der Waals surface area contributed by atoms with Crippen LogP contribution < -0.4 is 5.73 Å². The van der Waals surface area contributed by atoms with Gasteiger partial charge in [0.25, 0.3) is 11.6 Å². The van der Waals surface area contributed by atoms with Crippen LogP contribution in [0.5, 0.6) is 0 Å². The number of rotatable bonds is 3. The molecule has 1 heterocycles. The second-order valence-corrected chi connectivity index (χ2v) is 5.70. The number of nitro benzene ring substituents is 1. The first kappa shape index (κ1) is 18.4. The molecule has 1 aromatic rings. The molecule has 0 bridgehead atoms. The van der Waals surface area contributed by atoms with E-state index in [0.29, 0.717) is 30.1 Å². The maximum absolute atomic E-state index is 12.5. The highest BCUT2D eigenvalue weighted by atomic mass is 35.5. The van der Waals surface area contributed by atoms with Gasteiger partial charge >= 0.3 is 0 Å². The van der Waals surface area contributed by atoms with Crippen molar-refractivity contribution in [2.24, 2.45) is 11.7 Å². The summed E-state index contributed by atoms with van der Waals surface area (Å²) < 4.78 is 0. The van der Waals surface area contributed by atoms with Gasteiger partial charge in [-0.2, -0.15) is 0 Å². The molecular weight excluding hydrogens is 306 g/mol. The zero-order valence-corrected chi connectivity index (χ0v) is 13.6. The molecule has 1 fully saturated rings. The Bertz CT molecular complexity index is 555. The smallest absolute Gasteiger partial charge is 0.273 e. The number of piperidine rings is 1.